The molecule has 0 bridgehead atoms. The van der Waals surface area contributed by atoms with Gasteiger partial charge in [0.2, 0.25) is 0 Å². The van der Waals surface area contributed by atoms with Crippen molar-refractivity contribution in [1.82, 2.24) is 14.9 Å². The fraction of sp³-hybridized carbons (Fsp3) is 0.250. The fourth-order valence-electron chi connectivity index (χ4n) is 2.65. The Bertz CT molecular complexity index is 872. The molecule has 1 aromatic heterocycles. The van der Waals surface area contributed by atoms with Crippen LogP contribution in [0.15, 0.2) is 59.6 Å². The molecule has 0 aliphatic carbocycles. The van der Waals surface area contributed by atoms with Gasteiger partial charge in [-0.1, -0.05) is 45.2 Å². The topological polar surface area (TPSA) is 39.1 Å². The molecule has 1 N–H and O–H groups in total. The third-order valence-electron chi connectivity index (χ3n) is 4.07. The highest BCUT2D eigenvalue weighted by Crippen LogP contribution is 2.26. The predicted octanol–water partition coefficient (Wildman–Crippen LogP) is 5.71. The van der Waals surface area contributed by atoms with E-state index in [1.807, 2.05) is 36.8 Å². The Morgan fingerprint density at radius 2 is 2.00 bits per heavy atom. The van der Waals surface area contributed by atoms with Gasteiger partial charge in [-0.05, 0) is 43.3 Å². The molecule has 1 heterocycles. The molecule has 0 amide bonds. The highest BCUT2D eigenvalue weighted by Gasteiger charge is 2.07. The van der Waals surface area contributed by atoms with E-state index < -0.39 is 0 Å². The Balaban J connectivity index is 1.54. The van der Waals surface area contributed by atoms with Gasteiger partial charge < -0.3 is 14.6 Å². The third kappa shape index (κ3) is 6.25. The van der Waals surface area contributed by atoms with Crippen molar-refractivity contribution in [1.29, 1.82) is 0 Å². The van der Waals surface area contributed by atoms with Crippen molar-refractivity contribution < 1.29 is 4.74 Å². The van der Waals surface area contributed by atoms with Crippen molar-refractivity contribution in [2.45, 2.75) is 26.1 Å². The van der Waals surface area contributed by atoms with Crippen molar-refractivity contribution in [3.8, 4) is 5.75 Å². The first-order valence-electron chi connectivity index (χ1n) is 8.63. The summed E-state index contributed by atoms with van der Waals surface area (Å²) in [6.45, 7) is 2.98. The van der Waals surface area contributed by atoms with E-state index in [4.69, 9.17) is 27.9 Å². The van der Waals surface area contributed by atoms with Crippen LogP contribution in [-0.4, -0.2) is 16.1 Å². The molecule has 27 heavy (non-hydrogen) atoms. The number of benzene rings is 2. The summed E-state index contributed by atoms with van der Waals surface area (Å²) < 4.78 is 9.11. The van der Waals surface area contributed by atoms with Crippen LogP contribution in [0.3, 0.4) is 0 Å². The number of halogens is 3. The van der Waals surface area contributed by atoms with Crippen molar-refractivity contribution in [3.63, 3.8) is 0 Å². The average molecular weight is 469 g/mol. The summed E-state index contributed by atoms with van der Waals surface area (Å²) in [5, 5.41) is 4.70. The van der Waals surface area contributed by atoms with E-state index in [1.165, 1.54) is 0 Å². The van der Waals surface area contributed by atoms with Gasteiger partial charge in [0, 0.05) is 51.1 Å². The summed E-state index contributed by atoms with van der Waals surface area (Å²) in [6, 6.07) is 11.4. The van der Waals surface area contributed by atoms with Crippen LogP contribution in [0.1, 0.15) is 17.5 Å². The van der Waals surface area contributed by atoms with Crippen LogP contribution in [0.25, 0.3) is 0 Å². The second-order valence-electron chi connectivity index (χ2n) is 6.11. The molecular weight excluding hydrogens is 449 g/mol. The van der Waals surface area contributed by atoms with Crippen LogP contribution >= 0.6 is 39.1 Å². The minimum atomic E-state index is 0.394. The van der Waals surface area contributed by atoms with E-state index >= 15 is 0 Å². The first kappa shape index (κ1) is 20.2. The van der Waals surface area contributed by atoms with Gasteiger partial charge in [0.05, 0.1) is 6.33 Å². The van der Waals surface area contributed by atoms with Crippen molar-refractivity contribution >= 4 is 39.1 Å². The van der Waals surface area contributed by atoms with E-state index in [9.17, 15) is 0 Å². The Kier molecular flexibility index (Phi) is 7.59. The monoisotopic (exact) mass is 467 g/mol. The molecule has 3 aromatic rings. The molecule has 0 fully saturated rings. The van der Waals surface area contributed by atoms with E-state index in [1.54, 1.807) is 12.3 Å². The third-order valence-corrected chi connectivity index (χ3v) is 5.15. The quantitative estimate of drug-likeness (QED) is 0.408. The summed E-state index contributed by atoms with van der Waals surface area (Å²) in [4.78, 5) is 4.05. The first-order chi connectivity index (χ1) is 13.1. The summed E-state index contributed by atoms with van der Waals surface area (Å²) in [7, 11) is 0. The smallest absolute Gasteiger partial charge is 0.124 e. The Labute approximate surface area is 177 Å². The average Bonchev–Trinajstić information content (AvgIpc) is 3.15. The summed E-state index contributed by atoms with van der Waals surface area (Å²) >= 11 is 15.7. The molecular formula is C20H20BrCl2N3O. The molecule has 0 spiro atoms. The lowest BCUT2D eigenvalue weighted by molar-refractivity contribution is 0.302. The van der Waals surface area contributed by atoms with Crippen LogP contribution in [0.4, 0.5) is 0 Å². The van der Waals surface area contributed by atoms with E-state index in [-0.39, 0.29) is 0 Å². The summed E-state index contributed by atoms with van der Waals surface area (Å²) in [5.41, 5.74) is 2.00. The SMILES string of the molecule is Clc1ccc(COc2ccc(Br)cc2CNCCCn2ccnc2)c(Cl)c1. The number of ether oxygens (including phenoxy) is 1. The highest BCUT2D eigenvalue weighted by molar-refractivity contribution is 9.10. The Morgan fingerprint density at radius 3 is 2.78 bits per heavy atom. The zero-order valence-corrected chi connectivity index (χ0v) is 17.8. The molecule has 3 rings (SSSR count). The molecule has 0 saturated heterocycles. The highest BCUT2D eigenvalue weighted by atomic mass is 79.9. The maximum atomic E-state index is 6.23. The number of hydrogen-bond acceptors (Lipinski definition) is 3. The first-order valence-corrected chi connectivity index (χ1v) is 10.2. The number of aryl methyl sites for hydroxylation is 1. The Morgan fingerprint density at radius 1 is 1.11 bits per heavy atom. The van der Waals surface area contributed by atoms with Crippen LogP contribution in [0, 0.1) is 0 Å². The zero-order valence-electron chi connectivity index (χ0n) is 14.7. The van der Waals surface area contributed by atoms with Gasteiger partial charge in [-0.3, -0.25) is 0 Å². The normalized spacial score (nSPS) is 10.9. The number of nitrogens with zero attached hydrogens (tertiary/aromatic N) is 2. The molecule has 2 aromatic carbocycles. The van der Waals surface area contributed by atoms with Crippen LogP contribution in [0.5, 0.6) is 5.75 Å². The number of hydrogen-bond donors (Lipinski definition) is 1. The van der Waals surface area contributed by atoms with Gasteiger partial charge in [-0.2, -0.15) is 0 Å². The maximum Gasteiger partial charge on any atom is 0.124 e. The minimum absolute atomic E-state index is 0.394. The molecule has 0 aliphatic rings. The number of nitrogens with one attached hydrogen (secondary N) is 1. The zero-order chi connectivity index (χ0) is 19.1. The van der Waals surface area contributed by atoms with Crippen LogP contribution in [0.2, 0.25) is 10.0 Å². The molecule has 0 radical (unpaired) electrons. The van der Waals surface area contributed by atoms with E-state index in [0.29, 0.717) is 16.7 Å². The maximum absolute atomic E-state index is 6.23. The number of imidazole rings is 1. The Hall–Kier alpha value is -1.53. The second-order valence-corrected chi connectivity index (χ2v) is 7.87. The standard InChI is InChI=1S/C20H20BrCl2N3O/c21-17-3-5-20(27-13-15-2-4-18(22)11-19(15)23)16(10-17)12-24-6-1-8-26-9-7-25-14-26/h2-5,7,9-11,14,24H,1,6,8,12-13H2. The largest absolute Gasteiger partial charge is 0.489 e. The summed E-state index contributed by atoms with van der Waals surface area (Å²) in [6.07, 6.45) is 6.64. The van der Waals surface area contributed by atoms with Crippen LogP contribution < -0.4 is 10.1 Å². The van der Waals surface area contributed by atoms with Gasteiger partial charge in [-0.25, -0.2) is 4.98 Å². The van der Waals surface area contributed by atoms with Gasteiger partial charge in [0.15, 0.2) is 0 Å². The van der Waals surface area contributed by atoms with Gasteiger partial charge in [0.25, 0.3) is 0 Å². The lowest BCUT2D eigenvalue weighted by atomic mass is 10.2. The second kappa shape index (κ2) is 10.1. The van der Waals surface area contributed by atoms with E-state index in [0.717, 1.165) is 47.4 Å². The van der Waals surface area contributed by atoms with Gasteiger partial charge in [-0.15, -0.1) is 0 Å². The van der Waals surface area contributed by atoms with Crippen molar-refractivity contribution in [2.75, 3.05) is 6.54 Å². The van der Waals surface area contributed by atoms with Gasteiger partial charge >= 0.3 is 0 Å². The van der Waals surface area contributed by atoms with Crippen molar-refractivity contribution in [2.24, 2.45) is 0 Å². The molecule has 0 aliphatic heterocycles. The number of rotatable bonds is 9. The predicted molar refractivity (Wildman–Crippen MR) is 113 cm³/mol. The summed E-state index contributed by atoms with van der Waals surface area (Å²) in [5.74, 6) is 0.839. The molecule has 142 valence electrons. The van der Waals surface area contributed by atoms with Gasteiger partial charge in [0.1, 0.15) is 12.4 Å². The molecule has 4 nitrogen and oxygen atoms in total. The molecule has 7 heteroatoms. The fourth-order valence-corrected chi connectivity index (χ4v) is 3.52. The molecule has 0 atom stereocenters. The molecule has 0 unspecified atom stereocenters. The lowest BCUT2D eigenvalue weighted by Gasteiger charge is -2.14. The molecule has 0 saturated carbocycles. The minimum Gasteiger partial charge on any atom is -0.489 e. The van der Waals surface area contributed by atoms with E-state index in [2.05, 4.69) is 36.9 Å². The van der Waals surface area contributed by atoms with Crippen molar-refractivity contribution in [3.05, 3.63) is 80.8 Å². The lowest BCUT2D eigenvalue weighted by Crippen LogP contribution is -2.17. The van der Waals surface area contributed by atoms with Crippen LogP contribution in [-0.2, 0) is 19.7 Å². The number of aromatic nitrogens is 2.